The Morgan fingerprint density at radius 3 is 2.78 bits per heavy atom. The van der Waals surface area contributed by atoms with Crippen LogP contribution >= 0.6 is 0 Å². The minimum absolute atomic E-state index is 0.739. The smallest absolute Gasteiger partial charge is 0.125 e. The predicted molar refractivity (Wildman–Crippen MR) is 107 cm³/mol. The molecule has 0 saturated carbocycles. The van der Waals surface area contributed by atoms with Crippen LogP contribution in [0.25, 0.3) is 10.9 Å². The van der Waals surface area contributed by atoms with Gasteiger partial charge in [-0.1, -0.05) is 0 Å². The van der Waals surface area contributed by atoms with Gasteiger partial charge < -0.3 is 4.57 Å². The highest BCUT2D eigenvalue weighted by Crippen LogP contribution is 2.37. The second-order valence-corrected chi connectivity index (χ2v) is 8.20. The van der Waals surface area contributed by atoms with Gasteiger partial charge in [-0.05, 0) is 63.3 Å². The Labute approximate surface area is 160 Å². The molecular weight excluding hydrogens is 334 g/mol. The molecule has 1 fully saturated rings. The number of hydrogen-bond acceptors (Lipinski definition) is 4. The van der Waals surface area contributed by atoms with Gasteiger partial charge in [0.1, 0.15) is 5.82 Å². The van der Waals surface area contributed by atoms with Gasteiger partial charge in [-0.3, -0.25) is 9.88 Å². The summed E-state index contributed by atoms with van der Waals surface area (Å²) in [5, 5.41) is 1.42. The minimum Gasteiger partial charge on any atom is -0.346 e. The van der Waals surface area contributed by atoms with Crippen molar-refractivity contribution in [3.8, 4) is 0 Å². The van der Waals surface area contributed by atoms with Gasteiger partial charge in [-0.15, -0.1) is 0 Å². The molecule has 0 radical (unpaired) electrons. The van der Waals surface area contributed by atoms with Crippen LogP contribution in [0, 0.1) is 13.8 Å². The van der Waals surface area contributed by atoms with E-state index in [1.807, 2.05) is 19.3 Å². The van der Waals surface area contributed by atoms with Crippen molar-refractivity contribution >= 4 is 10.9 Å². The van der Waals surface area contributed by atoms with Crippen molar-refractivity contribution in [1.29, 1.82) is 0 Å². The molecule has 0 aliphatic carbocycles. The summed E-state index contributed by atoms with van der Waals surface area (Å²) < 4.78 is 2.44. The van der Waals surface area contributed by atoms with E-state index in [1.165, 1.54) is 59.2 Å². The molecule has 1 atom stereocenters. The Bertz CT molecular complexity index is 1000. The van der Waals surface area contributed by atoms with Gasteiger partial charge in [0.2, 0.25) is 0 Å². The first-order chi connectivity index (χ1) is 13.1. The first kappa shape index (κ1) is 16.9. The molecule has 140 valence electrons. The SMILES string of the molecule is Cc1cc2c3c(n(C)c2c(CCc2cnc(C)nc2)n1)CC1CCCN1C3. The molecule has 0 bridgehead atoms. The normalized spacial score (nSPS) is 19.4. The van der Waals surface area contributed by atoms with Gasteiger partial charge in [0.25, 0.3) is 0 Å². The van der Waals surface area contributed by atoms with E-state index in [9.17, 15) is 0 Å². The van der Waals surface area contributed by atoms with Crippen LogP contribution < -0.4 is 0 Å². The first-order valence-electron chi connectivity index (χ1n) is 10.1. The van der Waals surface area contributed by atoms with Gasteiger partial charge in [0.05, 0.1) is 11.2 Å². The number of hydrogen-bond donors (Lipinski definition) is 0. The summed E-state index contributed by atoms with van der Waals surface area (Å²) in [7, 11) is 2.24. The number of rotatable bonds is 3. The highest BCUT2D eigenvalue weighted by atomic mass is 15.2. The minimum atomic E-state index is 0.739. The summed E-state index contributed by atoms with van der Waals surface area (Å²) in [6, 6.07) is 3.03. The van der Waals surface area contributed by atoms with Crippen LogP contribution in [0.2, 0.25) is 0 Å². The molecule has 0 N–H and O–H groups in total. The van der Waals surface area contributed by atoms with Gasteiger partial charge in [-0.2, -0.15) is 0 Å². The van der Waals surface area contributed by atoms with E-state index >= 15 is 0 Å². The Hall–Kier alpha value is -2.27. The summed E-state index contributed by atoms with van der Waals surface area (Å²) in [6.45, 7) is 6.41. The molecule has 5 heterocycles. The van der Waals surface area contributed by atoms with Crippen molar-refractivity contribution in [3.05, 3.63) is 52.5 Å². The fourth-order valence-electron chi connectivity index (χ4n) is 5.01. The lowest BCUT2D eigenvalue weighted by Gasteiger charge is -2.30. The average Bonchev–Trinajstić information content (AvgIpc) is 3.22. The van der Waals surface area contributed by atoms with E-state index in [0.717, 1.165) is 36.9 Å². The Morgan fingerprint density at radius 1 is 1.15 bits per heavy atom. The van der Waals surface area contributed by atoms with Crippen molar-refractivity contribution in [1.82, 2.24) is 24.4 Å². The third kappa shape index (κ3) is 2.85. The largest absolute Gasteiger partial charge is 0.346 e. The van der Waals surface area contributed by atoms with Gasteiger partial charge in [0.15, 0.2) is 0 Å². The molecule has 3 aromatic heterocycles. The second-order valence-electron chi connectivity index (χ2n) is 8.20. The molecule has 1 unspecified atom stereocenters. The van der Waals surface area contributed by atoms with Crippen LogP contribution in [-0.4, -0.2) is 37.0 Å². The Kier molecular flexibility index (Phi) is 4.01. The third-order valence-electron chi connectivity index (χ3n) is 6.38. The van der Waals surface area contributed by atoms with E-state index in [-0.39, 0.29) is 0 Å². The second kappa shape index (κ2) is 6.41. The van der Waals surface area contributed by atoms with Crippen LogP contribution in [0.1, 0.15) is 46.9 Å². The highest BCUT2D eigenvalue weighted by molar-refractivity contribution is 5.88. The molecule has 0 aromatic carbocycles. The lowest BCUT2D eigenvalue weighted by molar-refractivity contribution is 0.225. The number of pyridine rings is 1. The number of aromatic nitrogens is 4. The fourth-order valence-corrected chi connectivity index (χ4v) is 5.01. The van der Waals surface area contributed by atoms with E-state index in [4.69, 9.17) is 4.98 Å². The van der Waals surface area contributed by atoms with Crippen molar-refractivity contribution < 1.29 is 0 Å². The molecule has 0 amide bonds. The van der Waals surface area contributed by atoms with E-state index in [2.05, 4.69) is 39.5 Å². The van der Waals surface area contributed by atoms with Gasteiger partial charge in [-0.25, -0.2) is 9.97 Å². The maximum atomic E-state index is 4.94. The van der Waals surface area contributed by atoms with Crippen molar-refractivity contribution in [2.45, 2.75) is 58.5 Å². The zero-order valence-corrected chi connectivity index (χ0v) is 16.5. The lowest BCUT2D eigenvalue weighted by Crippen LogP contribution is -2.35. The number of fused-ring (bicyclic) bond motifs is 4. The molecule has 27 heavy (non-hydrogen) atoms. The standard InChI is InChI=1S/C22H27N5/c1-14-9-18-19-13-27-8-4-5-17(27)10-21(19)26(3)22(18)20(25-14)7-6-16-11-23-15(2)24-12-16/h9,11-12,17H,4-8,10,13H2,1-3H3. The van der Waals surface area contributed by atoms with E-state index in [0.29, 0.717) is 0 Å². The van der Waals surface area contributed by atoms with Gasteiger partial charge in [0, 0.05) is 55.2 Å². The predicted octanol–water partition coefficient (Wildman–Crippen LogP) is 3.29. The average molecular weight is 361 g/mol. The molecule has 5 rings (SSSR count). The fraction of sp³-hybridized carbons (Fsp3) is 0.500. The van der Waals surface area contributed by atoms with E-state index in [1.54, 1.807) is 0 Å². The molecule has 0 spiro atoms. The number of nitrogens with zero attached hydrogens (tertiary/aromatic N) is 5. The van der Waals surface area contributed by atoms with Crippen LogP contribution in [0.3, 0.4) is 0 Å². The van der Waals surface area contributed by atoms with E-state index < -0.39 is 0 Å². The summed E-state index contributed by atoms with van der Waals surface area (Å²) in [4.78, 5) is 16.3. The maximum Gasteiger partial charge on any atom is 0.125 e. The molecule has 5 heteroatoms. The van der Waals surface area contributed by atoms with Crippen LogP contribution in [0.5, 0.6) is 0 Å². The Morgan fingerprint density at radius 2 is 1.96 bits per heavy atom. The molecule has 2 aliphatic rings. The number of aryl methyl sites for hydroxylation is 5. The molecule has 1 saturated heterocycles. The van der Waals surface area contributed by atoms with Crippen LogP contribution in [-0.2, 0) is 32.9 Å². The molecular formula is C22H27N5. The van der Waals surface area contributed by atoms with Crippen molar-refractivity contribution in [3.63, 3.8) is 0 Å². The maximum absolute atomic E-state index is 4.94. The van der Waals surface area contributed by atoms with Crippen molar-refractivity contribution in [2.75, 3.05) is 6.54 Å². The van der Waals surface area contributed by atoms with Gasteiger partial charge >= 0.3 is 0 Å². The molecule has 2 aliphatic heterocycles. The monoisotopic (exact) mass is 361 g/mol. The highest BCUT2D eigenvalue weighted by Gasteiger charge is 2.33. The zero-order chi connectivity index (χ0) is 18.5. The molecule has 3 aromatic rings. The summed E-state index contributed by atoms with van der Waals surface area (Å²) >= 11 is 0. The molecule has 5 nitrogen and oxygen atoms in total. The van der Waals surface area contributed by atoms with Crippen LogP contribution in [0.15, 0.2) is 18.5 Å². The zero-order valence-electron chi connectivity index (χ0n) is 16.5. The summed E-state index contributed by atoms with van der Waals surface area (Å²) in [5.74, 6) is 0.825. The summed E-state index contributed by atoms with van der Waals surface area (Å²) in [5.41, 5.74) is 7.91. The summed E-state index contributed by atoms with van der Waals surface area (Å²) in [6.07, 6.45) is 9.62. The quantitative estimate of drug-likeness (QED) is 0.718. The first-order valence-corrected chi connectivity index (χ1v) is 10.1. The third-order valence-corrected chi connectivity index (χ3v) is 6.38. The van der Waals surface area contributed by atoms with Crippen molar-refractivity contribution in [2.24, 2.45) is 7.05 Å². The van der Waals surface area contributed by atoms with Crippen LogP contribution in [0.4, 0.5) is 0 Å². The lowest BCUT2D eigenvalue weighted by atomic mass is 9.98. The Balaban J connectivity index is 1.54. The topological polar surface area (TPSA) is 46.8 Å².